The molecule has 0 radical (unpaired) electrons. The van der Waals surface area contributed by atoms with Crippen molar-refractivity contribution in [3.63, 3.8) is 0 Å². The van der Waals surface area contributed by atoms with Gasteiger partial charge in [0.1, 0.15) is 11.2 Å². The maximum absolute atomic E-state index is 11.4. The second-order valence-corrected chi connectivity index (χ2v) is 21.7. The largest absolute Gasteiger partial charge is 0.504 e. The Morgan fingerprint density at radius 1 is 0.556 bits per heavy atom. The number of benzene rings is 6. The van der Waals surface area contributed by atoms with Crippen LogP contribution in [0.5, 0.6) is 34.5 Å². The highest BCUT2D eigenvalue weighted by molar-refractivity contribution is 5.85. The van der Waals surface area contributed by atoms with Gasteiger partial charge in [0.2, 0.25) is 0 Å². The molecule has 0 spiro atoms. The van der Waals surface area contributed by atoms with E-state index in [1.165, 1.54) is 61.2 Å². The van der Waals surface area contributed by atoms with E-state index in [0.717, 1.165) is 103 Å². The van der Waals surface area contributed by atoms with Crippen LogP contribution in [0.1, 0.15) is 110 Å². The van der Waals surface area contributed by atoms with Crippen LogP contribution in [0.3, 0.4) is 0 Å². The summed E-state index contributed by atoms with van der Waals surface area (Å²) in [7, 11) is 4.97. The van der Waals surface area contributed by atoms with Gasteiger partial charge in [-0.2, -0.15) is 0 Å². The molecule has 3 aliphatic carbocycles. The second kappa shape index (κ2) is 19.5. The maximum atomic E-state index is 11.4. The van der Waals surface area contributed by atoms with E-state index in [-0.39, 0.29) is 29.5 Å². The first-order valence-electron chi connectivity index (χ1n) is 25.5. The van der Waals surface area contributed by atoms with Crippen LogP contribution < -0.4 is 34.3 Å². The molecule has 12 rings (SSSR count). The molecule has 3 atom stereocenters. The zero-order valence-electron chi connectivity index (χ0n) is 43.3. The van der Waals surface area contributed by atoms with Crippen LogP contribution in [0.15, 0.2) is 91.0 Å². The van der Waals surface area contributed by atoms with Crippen molar-refractivity contribution in [3.05, 3.63) is 141 Å². The minimum atomic E-state index is -0.779. The quantitative estimate of drug-likeness (QED) is 0.122. The predicted molar refractivity (Wildman–Crippen MR) is 283 cm³/mol. The monoisotopic (exact) mass is 972 g/mol. The van der Waals surface area contributed by atoms with Gasteiger partial charge < -0.3 is 44.5 Å². The molecule has 4 N–H and O–H groups in total. The van der Waals surface area contributed by atoms with E-state index in [9.17, 15) is 15.0 Å². The Balaban J connectivity index is 0.000000126. The lowest BCUT2D eigenvalue weighted by Gasteiger charge is -2.41. The average molecular weight is 972 g/mol. The molecule has 0 fully saturated rings. The maximum Gasteiger partial charge on any atom is 0.317 e. The number of phenols is 1. The van der Waals surface area contributed by atoms with Crippen LogP contribution in [0.4, 0.5) is 0 Å². The van der Waals surface area contributed by atoms with E-state index in [4.69, 9.17) is 23.7 Å². The van der Waals surface area contributed by atoms with Gasteiger partial charge in [-0.3, -0.25) is 9.69 Å². The lowest BCUT2D eigenvalue weighted by atomic mass is 9.76. The van der Waals surface area contributed by atoms with Crippen LogP contribution in [0.2, 0.25) is 0 Å². The highest BCUT2D eigenvalue weighted by Gasteiger charge is 2.38. The fourth-order valence-corrected chi connectivity index (χ4v) is 12.0. The van der Waals surface area contributed by atoms with Crippen molar-refractivity contribution in [3.8, 4) is 67.9 Å². The van der Waals surface area contributed by atoms with E-state index in [1.807, 2.05) is 39.0 Å². The standard InChI is InChI=1S/C23H27NO4.C21H25NO2.C17H17NO2/c1-23(2,3)28-22-18(27-4)9-8-15-12-17-20-14(6-5-7-16(20)21(15)22)10-11-24(17)13-19(25)26;1-21(2,3)24-20-17(23-4)9-8-14-12-16-18-13(10-11-22-16)6-5-7-15(18)19(14)20;1-20-14-6-5-11-9-13-15-10(7-8-18-13)3-2-4-12(15)16(11)17(14)19/h5-9,17H,10-13H2,1-4H3,(H,25,26);5-9,16,22H,10-12H2,1-4H3;2-6,13,18-19H,7-9H2,1H3/t17-;16-;13-/m111/s1. The summed E-state index contributed by atoms with van der Waals surface area (Å²) in [6.07, 6.45) is 5.72. The molecule has 11 nitrogen and oxygen atoms in total. The van der Waals surface area contributed by atoms with Crippen LogP contribution >= 0.6 is 0 Å². The highest BCUT2D eigenvalue weighted by Crippen LogP contribution is 2.53. The molecule has 6 aliphatic rings. The number of aromatic hydroxyl groups is 1. The molecular weight excluding hydrogens is 903 g/mol. The Hall–Kier alpha value is -6.53. The minimum absolute atomic E-state index is 0.0648. The van der Waals surface area contributed by atoms with Crippen LogP contribution in [-0.2, 0) is 43.3 Å². The molecule has 0 aromatic heterocycles. The SMILES string of the molecule is COc1ccc2c(c1O)-c1cccc3c1[C@@H](C2)NCC3.COc1ccc2c(c1OC(C)(C)C)-c1cccc3c1[C@@H](C2)N(CC(=O)O)CC3.COc1ccc2c(c1OC(C)(C)C)-c1cccc3c1[C@@H](C2)NCC3. The fourth-order valence-electron chi connectivity index (χ4n) is 12.0. The summed E-state index contributed by atoms with van der Waals surface area (Å²) in [5, 5.41) is 27.2. The molecule has 0 bridgehead atoms. The van der Waals surface area contributed by atoms with Crippen molar-refractivity contribution in [1.82, 2.24) is 15.5 Å². The first-order chi connectivity index (χ1) is 34.5. The molecule has 0 amide bonds. The van der Waals surface area contributed by atoms with Crippen molar-refractivity contribution >= 4 is 5.97 Å². The molecule has 0 saturated heterocycles. The molecule has 376 valence electrons. The third-order valence-corrected chi connectivity index (χ3v) is 14.8. The van der Waals surface area contributed by atoms with E-state index < -0.39 is 5.97 Å². The number of ether oxygens (including phenoxy) is 5. The number of hydrogen-bond acceptors (Lipinski definition) is 10. The van der Waals surface area contributed by atoms with Gasteiger partial charge in [-0.15, -0.1) is 0 Å². The summed E-state index contributed by atoms with van der Waals surface area (Å²) in [5.41, 5.74) is 18.1. The van der Waals surface area contributed by atoms with Crippen LogP contribution in [-0.4, -0.2) is 79.8 Å². The summed E-state index contributed by atoms with van der Waals surface area (Å²) in [6, 6.07) is 32.5. The molecule has 6 aromatic carbocycles. The number of hydrogen-bond donors (Lipinski definition) is 4. The van der Waals surface area contributed by atoms with Gasteiger partial charge in [0.25, 0.3) is 0 Å². The molecule has 72 heavy (non-hydrogen) atoms. The summed E-state index contributed by atoms with van der Waals surface area (Å²) >= 11 is 0. The number of carboxylic acids is 1. The van der Waals surface area contributed by atoms with E-state index >= 15 is 0 Å². The van der Waals surface area contributed by atoms with Crippen molar-refractivity contribution < 1.29 is 38.7 Å². The summed E-state index contributed by atoms with van der Waals surface area (Å²) in [5.74, 6) is 3.21. The van der Waals surface area contributed by atoms with Crippen molar-refractivity contribution in [2.45, 2.75) is 109 Å². The van der Waals surface area contributed by atoms with Gasteiger partial charge in [0.15, 0.2) is 34.5 Å². The lowest BCUT2D eigenvalue weighted by Crippen LogP contribution is -2.41. The van der Waals surface area contributed by atoms with E-state index in [2.05, 4.69) is 109 Å². The van der Waals surface area contributed by atoms with E-state index in [1.54, 1.807) is 21.3 Å². The molecule has 6 aromatic rings. The lowest BCUT2D eigenvalue weighted by molar-refractivity contribution is -0.139. The zero-order valence-corrected chi connectivity index (χ0v) is 43.3. The first kappa shape index (κ1) is 49.1. The number of phenolic OH excluding ortho intramolecular Hbond substituents is 1. The summed E-state index contributed by atoms with van der Waals surface area (Å²) < 4.78 is 29.2. The van der Waals surface area contributed by atoms with Crippen LogP contribution in [0, 0.1) is 0 Å². The van der Waals surface area contributed by atoms with Gasteiger partial charge in [-0.25, -0.2) is 0 Å². The van der Waals surface area contributed by atoms with Gasteiger partial charge >= 0.3 is 5.97 Å². The Bertz CT molecular complexity index is 3060. The number of methoxy groups -OCH3 is 3. The van der Waals surface area contributed by atoms with Crippen molar-refractivity contribution in [1.29, 1.82) is 0 Å². The smallest absolute Gasteiger partial charge is 0.317 e. The normalized spacial score (nSPS) is 18.6. The Labute approximate surface area is 424 Å². The molecular formula is C61H69N3O8. The first-order valence-corrected chi connectivity index (χ1v) is 25.5. The van der Waals surface area contributed by atoms with Crippen molar-refractivity contribution in [2.24, 2.45) is 0 Å². The number of carboxylic acid groups (broad SMARTS) is 1. The second-order valence-electron chi connectivity index (χ2n) is 21.7. The minimum Gasteiger partial charge on any atom is -0.504 e. The van der Waals surface area contributed by atoms with Gasteiger partial charge in [0.05, 0.1) is 27.9 Å². The Kier molecular flexibility index (Phi) is 13.3. The molecule has 0 unspecified atom stereocenters. The van der Waals surface area contributed by atoms with Gasteiger partial charge in [-0.05, 0) is 178 Å². The third-order valence-electron chi connectivity index (χ3n) is 14.8. The van der Waals surface area contributed by atoms with Crippen LogP contribution in [0.25, 0.3) is 33.4 Å². The summed E-state index contributed by atoms with van der Waals surface area (Å²) in [4.78, 5) is 13.5. The van der Waals surface area contributed by atoms with Gasteiger partial charge in [-0.1, -0.05) is 72.8 Å². The molecule has 11 heteroatoms. The zero-order chi connectivity index (χ0) is 50.6. The highest BCUT2D eigenvalue weighted by atomic mass is 16.5. The number of fused-ring (bicyclic) bond motifs is 6. The number of rotatable bonds is 7. The van der Waals surface area contributed by atoms with Crippen molar-refractivity contribution in [2.75, 3.05) is 47.5 Å². The molecule has 3 heterocycles. The molecule has 0 saturated carbocycles. The number of carbonyl (C=O) groups is 1. The average Bonchev–Trinajstić information content (AvgIpc) is 3.35. The Morgan fingerprint density at radius 3 is 1.46 bits per heavy atom. The number of nitrogens with zero attached hydrogens (tertiary/aromatic N) is 1. The molecule has 3 aliphatic heterocycles. The predicted octanol–water partition coefficient (Wildman–Crippen LogP) is 11.2. The number of nitrogens with one attached hydrogen (secondary N) is 2. The summed E-state index contributed by atoms with van der Waals surface area (Å²) in [6.45, 7) is 15.3. The Morgan fingerprint density at radius 2 is 0.986 bits per heavy atom. The third kappa shape index (κ3) is 9.27. The number of aliphatic carboxylic acids is 1. The van der Waals surface area contributed by atoms with E-state index in [0.29, 0.717) is 17.8 Å². The van der Waals surface area contributed by atoms with Gasteiger partial charge in [0, 0.05) is 41.4 Å². The fraction of sp³-hybridized carbons (Fsp3) is 0.393. The topological polar surface area (TPSA) is 131 Å².